The predicted molar refractivity (Wildman–Crippen MR) is 102 cm³/mol. The van der Waals surface area contributed by atoms with Gasteiger partial charge in [0.25, 0.3) is 0 Å². The number of para-hydroxylation sites is 1. The molecule has 0 bridgehead atoms. The predicted octanol–water partition coefficient (Wildman–Crippen LogP) is 4.24. The highest BCUT2D eigenvalue weighted by Crippen LogP contribution is 2.16. The van der Waals surface area contributed by atoms with E-state index in [0.717, 1.165) is 17.3 Å². The van der Waals surface area contributed by atoms with Gasteiger partial charge in [-0.3, -0.25) is 4.79 Å². The second-order valence-electron chi connectivity index (χ2n) is 6.08. The number of amides is 1. The summed E-state index contributed by atoms with van der Waals surface area (Å²) in [6.07, 6.45) is 3.11. The van der Waals surface area contributed by atoms with E-state index >= 15 is 0 Å². The lowest BCUT2D eigenvalue weighted by Crippen LogP contribution is -2.15. The van der Waals surface area contributed by atoms with Gasteiger partial charge in [-0.15, -0.1) is 0 Å². The minimum atomic E-state index is -0.373. The molecule has 0 fully saturated rings. The van der Waals surface area contributed by atoms with E-state index in [1.807, 2.05) is 37.4 Å². The molecule has 0 atom stereocenters. The molecule has 134 valence electrons. The smallest absolute Gasteiger partial charge is 0.338 e. The molecule has 0 aliphatic carbocycles. The molecule has 0 aliphatic rings. The quantitative estimate of drug-likeness (QED) is 0.649. The van der Waals surface area contributed by atoms with Gasteiger partial charge in [0, 0.05) is 30.4 Å². The summed E-state index contributed by atoms with van der Waals surface area (Å²) in [6.45, 7) is 2.93. The molecular formula is C21H22N2O3. The highest BCUT2D eigenvalue weighted by atomic mass is 16.5. The monoisotopic (exact) mass is 350 g/mol. The van der Waals surface area contributed by atoms with Gasteiger partial charge in [-0.2, -0.15) is 0 Å². The van der Waals surface area contributed by atoms with Crippen LogP contribution in [-0.4, -0.2) is 23.1 Å². The summed E-state index contributed by atoms with van der Waals surface area (Å²) in [6, 6.07) is 16.9. The Morgan fingerprint density at radius 1 is 1.08 bits per heavy atom. The van der Waals surface area contributed by atoms with Crippen molar-refractivity contribution in [3.05, 3.63) is 66.4 Å². The lowest BCUT2D eigenvalue weighted by Gasteiger charge is -2.09. The fourth-order valence-corrected chi connectivity index (χ4v) is 2.78. The van der Waals surface area contributed by atoms with Crippen LogP contribution in [0.1, 0.15) is 30.1 Å². The molecule has 2 aromatic carbocycles. The van der Waals surface area contributed by atoms with Crippen molar-refractivity contribution in [1.29, 1.82) is 0 Å². The molecule has 26 heavy (non-hydrogen) atoms. The zero-order valence-electron chi connectivity index (χ0n) is 14.8. The van der Waals surface area contributed by atoms with E-state index < -0.39 is 0 Å². The number of carbonyl (C=O) groups is 2. The molecular weight excluding hydrogens is 328 g/mol. The van der Waals surface area contributed by atoms with Crippen molar-refractivity contribution in [3.8, 4) is 0 Å². The zero-order chi connectivity index (χ0) is 18.4. The van der Waals surface area contributed by atoms with E-state index in [2.05, 4.69) is 16.0 Å². The molecule has 1 N–H and O–H groups in total. The maximum atomic E-state index is 12.3. The van der Waals surface area contributed by atoms with Gasteiger partial charge in [-0.1, -0.05) is 31.2 Å². The van der Waals surface area contributed by atoms with Crippen LogP contribution in [0.4, 0.5) is 5.69 Å². The molecule has 1 aromatic heterocycles. The van der Waals surface area contributed by atoms with E-state index in [9.17, 15) is 9.59 Å². The fourth-order valence-electron chi connectivity index (χ4n) is 2.78. The summed E-state index contributed by atoms with van der Waals surface area (Å²) in [5.74, 6) is -0.469. The average molecular weight is 350 g/mol. The van der Waals surface area contributed by atoms with Crippen LogP contribution in [0.5, 0.6) is 0 Å². The number of rotatable bonds is 7. The summed E-state index contributed by atoms with van der Waals surface area (Å²) >= 11 is 0. The molecule has 0 radical (unpaired) electrons. The molecule has 3 aromatic rings. The third kappa shape index (κ3) is 4.30. The van der Waals surface area contributed by atoms with E-state index in [1.165, 1.54) is 0 Å². The molecule has 0 spiro atoms. The van der Waals surface area contributed by atoms with Gasteiger partial charge >= 0.3 is 5.97 Å². The fraction of sp³-hybridized carbons (Fsp3) is 0.238. The Labute approximate surface area is 152 Å². The van der Waals surface area contributed by atoms with Gasteiger partial charge in [0.15, 0.2) is 0 Å². The van der Waals surface area contributed by atoms with E-state index in [0.29, 0.717) is 30.8 Å². The highest BCUT2D eigenvalue weighted by Gasteiger charge is 2.09. The maximum Gasteiger partial charge on any atom is 0.338 e. The van der Waals surface area contributed by atoms with Gasteiger partial charge in [0.1, 0.15) is 0 Å². The molecule has 0 aliphatic heterocycles. The number of carbonyl (C=O) groups excluding carboxylic acids is 2. The van der Waals surface area contributed by atoms with Crippen molar-refractivity contribution in [1.82, 2.24) is 4.57 Å². The third-order valence-corrected chi connectivity index (χ3v) is 4.08. The maximum absolute atomic E-state index is 12.3. The van der Waals surface area contributed by atoms with Crippen LogP contribution in [0.25, 0.3) is 10.9 Å². The molecule has 3 rings (SSSR count). The van der Waals surface area contributed by atoms with E-state index in [4.69, 9.17) is 4.74 Å². The molecule has 5 nitrogen and oxygen atoms in total. The summed E-state index contributed by atoms with van der Waals surface area (Å²) in [4.78, 5) is 24.2. The summed E-state index contributed by atoms with van der Waals surface area (Å²) in [5, 5.41) is 4.00. The SMILES string of the molecule is CCCOC(=O)c1cccc(NC(=O)CCn2ccc3ccccc32)c1. The van der Waals surface area contributed by atoms with Crippen LogP contribution in [0.15, 0.2) is 60.8 Å². The largest absolute Gasteiger partial charge is 0.462 e. The average Bonchev–Trinajstić information content (AvgIpc) is 3.08. The van der Waals surface area contributed by atoms with Crippen LogP contribution in [-0.2, 0) is 16.1 Å². The Kier molecular flexibility index (Phi) is 5.69. The Morgan fingerprint density at radius 2 is 1.92 bits per heavy atom. The first-order valence-electron chi connectivity index (χ1n) is 8.78. The van der Waals surface area contributed by atoms with Crippen molar-refractivity contribution in [2.45, 2.75) is 26.3 Å². The first-order valence-corrected chi connectivity index (χ1v) is 8.78. The zero-order valence-corrected chi connectivity index (χ0v) is 14.8. The number of esters is 1. The Bertz CT molecular complexity index is 914. The summed E-state index contributed by atoms with van der Waals surface area (Å²) < 4.78 is 7.18. The van der Waals surface area contributed by atoms with Crippen LogP contribution < -0.4 is 5.32 Å². The van der Waals surface area contributed by atoms with E-state index in [-0.39, 0.29) is 11.9 Å². The summed E-state index contributed by atoms with van der Waals surface area (Å²) in [5.41, 5.74) is 2.15. The standard InChI is InChI=1S/C21H22N2O3/c1-2-14-26-21(25)17-7-5-8-18(15-17)22-20(24)11-13-23-12-10-16-6-3-4-9-19(16)23/h3-10,12,15H,2,11,13-14H2,1H3,(H,22,24). The molecule has 1 heterocycles. The topological polar surface area (TPSA) is 60.3 Å². The van der Waals surface area contributed by atoms with Crippen LogP contribution in [0, 0.1) is 0 Å². The van der Waals surface area contributed by atoms with Gasteiger partial charge in [0.05, 0.1) is 12.2 Å². The van der Waals surface area contributed by atoms with Crippen molar-refractivity contribution < 1.29 is 14.3 Å². The van der Waals surface area contributed by atoms with Gasteiger partial charge in [-0.25, -0.2) is 4.79 Å². The second kappa shape index (κ2) is 8.34. The molecule has 5 heteroatoms. The molecule has 0 saturated carbocycles. The number of aryl methyl sites for hydroxylation is 1. The number of hydrogen-bond donors (Lipinski definition) is 1. The molecule has 0 unspecified atom stereocenters. The lowest BCUT2D eigenvalue weighted by molar-refractivity contribution is -0.116. The number of hydrogen-bond acceptors (Lipinski definition) is 3. The van der Waals surface area contributed by atoms with Crippen LogP contribution >= 0.6 is 0 Å². The number of aromatic nitrogens is 1. The number of nitrogens with one attached hydrogen (secondary N) is 1. The van der Waals surface area contributed by atoms with Crippen molar-refractivity contribution in [3.63, 3.8) is 0 Å². The van der Waals surface area contributed by atoms with Crippen molar-refractivity contribution in [2.24, 2.45) is 0 Å². The Hall–Kier alpha value is -3.08. The normalized spacial score (nSPS) is 10.7. The third-order valence-electron chi connectivity index (χ3n) is 4.08. The number of benzene rings is 2. The Morgan fingerprint density at radius 3 is 2.77 bits per heavy atom. The first kappa shape index (κ1) is 17.7. The number of nitrogens with zero attached hydrogens (tertiary/aromatic N) is 1. The van der Waals surface area contributed by atoms with Gasteiger partial charge in [-0.05, 0) is 42.1 Å². The minimum absolute atomic E-state index is 0.0955. The highest BCUT2D eigenvalue weighted by molar-refractivity contribution is 5.94. The summed E-state index contributed by atoms with van der Waals surface area (Å²) in [7, 11) is 0. The van der Waals surface area contributed by atoms with Crippen LogP contribution in [0.2, 0.25) is 0 Å². The van der Waals surface area contributed by atoms with Crippen molar-refractivity contribution >= 4 is 28.5 Å². The first-order chi connectivity index (χ1) is 12.7. The van der Waals surface area contributed by atoms with Crippen LogP contribution in [0.3, 0.4) is 0 Å². The molecule has 0 saturated heterocycles. The number of anilines is 1. The molecule has 1 amide bonds. The van der Waals surface area contributed by atoms with E-state index in [1.54, 1.807) is 24.3 Å². The number of ether oxygens (including phenoxy) is 1. The second-order valence-corrected chi connectivity index (χ2v) is 6.08. The minimum Gasteiger partial charge on any atom is -0.462 e. The van der Waals surface area contributed by atoms with Gasteiger partial charge in [0.2, 0.25) is 5.91 Å². The number of fused-ring (bicyclic) bond motifs is 1. The lowest BCUT2D eigenvalue weighted by atomic mass is 10.2. The Balaban J connectivity index is 1.59. The van der Waals surface area contributed by atoms with Gasteiger partial charge < -0.3 is 14.6 Å². The van der Waals surface area contributed by atoms with Crippen molar-refractivity contribution in [2.75, 3.05) is 11.9 Å².